The molecule has 3 fully saturated rings. The highest BCUT2D eigenvalue weighted by atomic mass is 16.6. The molecule has 3 saturated carbocycles. The van der Waals surface area contributed by atoms with Gasteiger partial charge in [0, 0.05) is 11.8 Å². The first-order valence-electron chi connectivity index (χ1n) is 15.9. The molecule has 4 aliphatic carbocycles. The van der Waals surface area contributed by atoms with Crippen LogP contribution in [0.2, 0.25) is 0 Å². The normalized spacial score (nSPS) is 40.6. The molecule has 1 aromatic carbocycles. The van der Waals surface area contributed by atoms with E-state index in [1.54, 1.807) is 0 Å². The summed E-state index contributed by atoms with van der Waals surface area (Å²) >= 11 is 0. The van der Waals surface area contributed by atoms with E-state index in [0.29, 0.717) is 36.0 Å². The summed E-state index contributed by atoms with van der Waals surface area (Å²) in [7, 11) is 0. The number of rotatable bonds is 7. The molecule has 0 bridgehead atoms. The van der Waals surface area contributed by atoms with Gasteiger partial charge in [-0.05, 0) is 91.1 Å². The molecule has 4 aliphatic rings. The highest BCUT2D eigenvalue weighted by molar-refractivity contribution is 5.73. The van der Waals surface area contributed by atoms with Gasteiger partial charge >= 0.3 is 5.97 Å². The van der Waals surface area contributed by atoms with Gasteiger partial charge in [-0.1, -0.05) is 89.6 Å². The number of benzene rings is 1. The number of hydrogen-bond acceptors (Lipinski definition) is 4. The Bertz CT molecular complexity index is 1120. The van der Waals surface area contributed by atoms with Crippen LogP contribution in [-0.4, -0.2) is 34.0 Å². The summed E-state index contributed by atoms with van der Waals surface area (Å²) in [5.74, 6) is 2.76. The number of aliphatic hydroxyl groups is 2. The summed E-state index contributed by atoms with van der Waals surface area (Å²) in [5, 5.41) is 23.0. The number of esters is 1. The highest BCUT2D eigenvalue weighted by Crippen LogP contribution is 2.67. The minimum Gasteiger partial charge on any atom is -0.455 e. The monoisotopic (exact) mass is 548 g/mol. The molecule has 1 aromatic rings. The van der Waals surface area contributed by atoms with Crippen molar-refractivity contribution in [1.82, 2.24) is 0 Å². The molecular formula is C36H52O4. The number of ether oxygens (including phenoxy) is 1. The molecule has 4 heteroatoms. The topological polar surface area (TPSA) is 66.8 Å². The third-order valence-electron chi connectivity index (χ3n) is 12.2. The maximum atomic E-state index is 13.2. The van der Waals surface area contributed by atoms with Gasteiger partial charge in [0.15, 0.2) is 0 Å². The highest BCUT2D eigenvalue weighted by Gasteiger charge is 2.66. The molecular weight excluding hydrogens is 496 g/mol. The number of carbonyl (C=O) groups excluding carboxylic acids is 1. The molecule has 0 aromatic heterocycles. The Morgan fingerprint density at radius 2 is 1.73 bits per heavy atom. The summed E-state index contributed by atoms with van der Waals surface area (Å²) in [5.41, 5.74) is 0.839. The van der Waals surface area contributed by atoms with E-state index in [1.807, 2.05) is 30.3 Å². The van der Waals surface area contributed by atoms with Crippen molar-refractivity contribution in [3.05, 3.63) is 59.7 Å². The van der Waals surface area contributed by atoms with Crippen LogP contribution in [0.15, 0.2) is 54.1 Å². The number of carbonyl (C=O) groups is 1. The smallest absolute Gasteiger partial charge is 0.310 e. The lowest BCUT2D eigenvalue weighted by Gasteiger charge is -2.62. The largest absolute Gasteiger partial charge is 0.455 e. The van der Waals surface area contributed by atoms with Crippen molar-refractivity contribution >= 4 is 5.97 Å². The van der Waals surface area contributed by atoms with E-state index in [9.17, 15) is 15.0 Å². The number of aliphatic hydroxyl groups excluding tert-OH is 1. The molecule has 40 heavy (non-hydrogen) atoms. The van der Waals surface area contributed by atoms with E-state index in [1.165, 1.54) is 12.0 Å². The van der Waals surface area contributed by atoms with Crippen LogP contribution in [0.3, 0.4) is 0 Å². The first kappa shape index (κ1) is 29.6. The maximum Gasteiger partial charge on any atom is 0.310 e. The molecule has 0 aliphatic heterocycles. The van der Waals surface area contributed by atoms with Crippen molar-refractivity contribution in [1.29, 1.82) is 0 Å². The van der Waals surface area contributed by atoms with Gasteiger partial charge in [0.05, 0.1) is 12.5 Å². The summed E-state index contributed by atoms with van der Waals surface area (Å²) in [6.07, 6.45) is 12.2. The van der Waals surface area contributed by atoms with Crippen molar-refractivity contribution in [2.24, 2.45) is 46.3 Å². The molecule has 0 heterocycles. The van der Waals surface area contributed by atoms with Gasteiger partial charge in [0.25, 0.3) is 0 Å². The molecule has 5 rings (SSSR count). The predicted molar refractivity (Wildman–Crippen MR) is 160 cm³/mol. The minimum absolute atomic E-state index is 0.182. The fourth-order valence-corrected chi connectivity index (χ4v) is 9.21. The lowest BCUT2D eigenvalue weighted by atomic mass is 9.45. The molecule has 10 atom stereocenters. The Kier molecular flexibility index (Phi) is 8.18. The molecule has 0 saturated heterocycles. The van der Waals surface area contributed by atoms with E-state index >= 15 is 0 Å². The summed E-state index contributed by atoms with van der Waals surface area (Å²) in [6.45, 7) is 14.0. The Morgan fingerprint density at radius 3 is 2.42 bits per heavy atom. The first-order chi connectivity index (χ1) is 18.9. The number of hydrogen-bond donors (Lipinski definition) is 2. The van der Waals surface area contributed by atoms with Gasteiger partial charge in [-0.15, -0.1) is 0 Å². The third-order valence-corrected chi connectivity index (χ3v) is 12.2. The van der Waals surface area contributed by atoms with Gasteiger partial charge in [-0.25, -0.2) is 0 Å². The Balaban J connectivity index is 1.45. The molecule has 0 radical (unpaired) electrons. The fourth-order valence-electron chi connectivity index (χ4n) is 9.21. The van der Waals surface area contributed by atoms with E-state index < -0.39 is 23.2 Å². The second kappa shape index (κ2) is 11.1. The van der Waals surface area contributed by atoms with Crippen molar-refractivity contribution in [2.75, 3.05) is 0 Å². The molecule has 2 N–H and O–H groups in total. The molecule has 220 valence electrons. The summed E-state index contributed by atoms with van der Waals surface area (Å²) in [4.78, 5) is 13.2. The van der Waals surface area contributed by atoms with Crippen LogP contribution in [0.4, 0.5) is 0 Å². The van der Waals surface area contributed by atoms with E-state index in [4.69, 9.17) is 4.74 Å². The van der Waals surface area contributed by atoms with E-state index in [0.717, 1.165) is 31.2 Å². The maximum absolute atomic E-state index is 13.2. The number of fused-ring (bicyclic) bond motifs is 5. The quantitative estimate of drug-likeness (QED) is 0.277. The summed E-state index contributed by atoms with van der Waals surface area (Å²) in [6, 6.07) is 9.66. The zero-order valence-corrected chi connectivity index (χ0v) is 25.6. The Hall–Kier alpha value is -1.91. The zero-order chi connectivity index (χ0) is 28.9. The van der Waals surface area contributed by atoms with Crippen molar-refractivity contribution in [3.8, 4) is 0 Å². The van der Waals surface area contributed by atoms with Crippen molar-refractivity contribution in [2.45, 2.75) is 111 Å². The fraction of sp³-hybridized carbons (Fsp3) is 0.694. The third kappa shape index (κ3) is 5.02. The molecule has 0 amide bonds. The number of allylic oxidation sites excluding steroid dienone is 3. The van der Waals surface area contributed by atoms with Crippen LogP contribution in [0.25, 0.3) is 0 Å². The molecule has 4 nitrogen and oxygen atoms in total. The average Bonchev–Trinajstić information content (AvgIpc) is 3.26. The predicted octanol–water partition coefficient (Wildman–Crippen LogP) is 7.29. The van der Waals surface area contributed by atoms with Gasteiger partial charge in [0.1, 0.15) is 11.7 Å². The van der Waals surface area contributed by atoms with Crippen LogP contribution in [0.1, 0.15) is 92.1 Å². The average molecular weight is 549 g/mol. The van der Waals surface area contributed by atoms with Gasteiger partial charge in [0.2, 0.25) is 0 Å². The lowest BCUT2D eigenvalue weighted by Crippen LogP contribution is -2.66. The van der Waals surface area contributed by atoms with E-state index in [2.05, 4.69) is 59.8 Å². The van der Waals surface area contributed by atoms with Crippen LogP contribution < -0.4 is 0 Å². The second-order valence-corrected chi connectivity index (χ2v) is 14.7. The lowest BCUT2D eigenvalue weighted by molar-refractivity contribution is -0.221. The molecule has 0 unspecified atom stereocenters. The Labute approximate surface area is 242 Å². The van der Waals surface area contributed by atoms with E-state index in [-0.39, 0.29) is 30.1 Å². The van der Waals surface area contributed by atoms with Crippen LogP contribution in [-0.2, 0) is 16.0 Å². The minimum atomic E-state index is -1.26. The zero-order valence-electron chi connectivity index (χ0n) is 25.6. The standard InChI is InChI=1S/C36H52O4/c1-23(2)24(3)12-13-25(4)29-14-15-30-28-21-32(40-33(38)20-26-10-8-7-9-11-26)36(39)22-27(37)16-19-35(36,6)31(28)17-18-34(29,30)5/h7-13,21,23-25,27,29-32,37,39H,14-20,22H2,1-6H3/t24-,25+,27-,29+,30-,31-,32+,34+,35+,36-/m0/s1. The Morgan fingerprint density at radius 1 is 1.00 bits per heavy atom. The van der Waals surface area contributed by atoms with Crippen molar-refractivity contribution < 1.29 is 19.7 Å². The molecule has 0 spiro atoms. The van der Waals surface area contributed by atoms with Crippen molar-refractivity contribution in [3.63, 3.8) is 0 Å². The SMILES string of the molecule is CC(C)[C@@H](C)C=C[C@@H](C)[C@H]1CC[C@H]2C3=C[C@@H](OC(=O)Cc4ccccc4)[C@@]4(O)C[C@@H](O)CC[C@]4(C)[C@H]3CC[C@]12C. The van der Waals surface area contributed by atoms with Crippen LogP contribution in [0.5, 0.6) is 0 Å². The first-order valence-corrected chi connectivity index (χ1v) is 15.9. The van der Waals surface area contributed by atoms with Crippen LogP contribution in [0, 0.1) is 46.3 Å². The van der Waals surface area contributed by atoms with Gasteiger partial charge < -0.3 is 14.9 Å². The van der Waals surface area contributed by atoms with Gasteiger partial charge in [-0.2, -0.15) is 0 Å². The van der Waals surface area contributed by atoms with Crippen LogP contribution >= 0.6 is 0 Å². The van der Waals surface area contributed by atoms with Gasteiger partial charge in [-0.3, -0.25) is 4.79 Å². The summed E-state index contributed by atoms with van der Waals surface area (Å²) < 4.78 is 6.19. The second-order valence-electron chi connectivity index (χ2n) is 14.7.